The van der Waals surface area contributed by atoms with Gasteiger partial charge in [0.25, 0.3) is 11.8 Å². The number of para-hydroxylation sites is 2. The van der Waals surface area contributed by atoms with E-state index in [0.717, 1.165) is 11.1 Å². The predicted molar refractivity (Wildman–Crippen MR) is 116 cm³/mol. The number of carbonyl (C=O) groups is 2. The van der Waals surface area contributed by atoms with Crippen molar-refractivity contribution in [2.75, 3.05) is 26.3 Å². The Bertz CT molecular complexity index is 875. The molecule has 0 aliphatic carbocycles. The highest BCUT2D eigenvalue weighted by molar-refractivity contribution is 5.98. The first-order chi connectivity index (χ1) is 14.7. The second-order valence-electron chi connectivity index (χ2n) is 6.78. The van der Waals surface area contributed by atoms with Crippen molar-refractivity contribution in [1.29, 1.82) is 0 Å². The molecule has 0 bridgehead atoms. The van der Waals surface area contributed by atoms with Gasteiger partial charge in [-0.15, -0.1) is 13.2 Å². The molecule has 0 fully saturated rings. The number of hydrogen-bond donors (Lipinski definition) is 2. The van der Waals surface area contributed by atoms with Gasteiger partial charge in [0, 0.05) is 13.1 Å². The van der Waals surface area contributed by atoms with E-state index in [1.807, 2.05) is 24.3 Å². The summed E-state index contributed by atoms with van der Waals surface area (Å²) < 4.78 is 11.9. The molecule has 0 spiro atoms. The van der Waals surface area contributed by atoms with Gasteiger partial charge < -0.3 is 20.1 Å². The Balaban J connectivity index is 1.91. The topological polar surface area (TPSA) is 76.7 Å². The van der Waals surface area contributed by atoms with Crippen LogP contribution in [0.3, 0.4) is 0 Å². The zero-order chi connectivity index (χ0) is 21.3. The zero-order valence-corrected chi connectivity index (χ0v) is 16.9. The Kier molecular flexibility index (Phi) is 7.27. The van der Waals surface area contributed by atoms with Crippen molar-refractivity contribution in [1.82, 2.24) is 10.6 Å². The minimum absolute atomic E-state index is 0.220. The van der Waals surface area contributed by atoms with E-state index in [0.29, 0.717) is 35.5 Å². The van der Waals surface area contributed by atoms with Gasteiger partial charge in [0.2, 0.25) is 0 Å². The zero-order valence-electron chi connectivity index (χ0n) is 16.9. The molecule has 0 aromatic heterocycles. The van der Waals surface area contributed by atoms with Crippen molar-refractivity contribution in [2.24, 2.45) is 0 Å². The first-order valence-electron chi connectivity index (χ1n) is 9.93. The summed E-state index contributed by atoms with van der Waals surface area (Å²) in [4.78, 5) is 25.3. The molecule has 6 heteroatoms. The summed E-state index contributed by atoms with van der Waals surface area (Å²) in [6.07, 6.45) is 4.71. The SMILES string of the molecule is C=CCc1cccc2c1OCCOc1c(CC=C)cccc1C(=O)NCCNC2=O. The molecule has 0 atom stereocenters. The molecule has 2 aromatic rings. The van der Waals surface area contributed by atoms with Crippen molar-refractivity contribution < 1.29 is 19.1 Å². The molecule has 0 saturated carbocycles. The molecule has 1 aliphatic rings. The fourth-order valence-corrected chi connectivity index (χ4v) is 3.33. The lowest BCUT2D eigenvalue weighted by Crippen LogP contribution is -2.35. The van der Waals surface area contributed by atoms with Crippen molar-refractivity contribution >= 4 is 11.8 Å². The Morgan fingerprint density at radius 1 is 0.767 bits per heavy atom. The summed E-state index contributed by atoms with van der Waals surface area (Å²) in [5.74, 6) is 0.548. The maximum absolute atomic E-state index is 12.7. The molecule has 2 N–H and O–H groups in total. The lowest BCUT2D eigenvalue weighted by atomic mass is 10.0. The number of hydrogen-bond acceptors (Lipinski definition) is 4. The molecule has 1 heterocycles. The number of nitrogens with one attached hydrogen (secondary N) is 2. The minimum atomic E-state index is -0.253. The van der Waals surface area contributed by atoms with Gasteiger partial charge >= 0.3 is 0 Å². The van der Waals surface area contributed by atoms with Crippen molar-refractivity contribution in [3.8, 4) is 11.5 Å². The smallest absolute Gasteiger partial charge is 0.255 e. The standard InChI is InChI=1S/C24H26N2O4/c1-3-7-17-9-5-11-19-21(17)29-15-16-30-22-18(8-4-2)10-6-12-20(22)24(28)26-14-13-25-23(19)27/h3-6,9-12H,1-2,7-8,13-16H2,(H,25,27)(H,26,28). The largest absolute Gasteiger partial charge is 0.489 e. The van der Waals surface area contributed by atoms with Crippen LogP contribution < -0.4 is 20.1 Å². The summed E-state index contributed by atoms with van der Waals surface area (Å²) in [5.41, 5.74) is 2.66. The molecule has 2 amide bonds. The molecule has 3 rings (SSSR count). The third-order valence-electron chi connectivity index (χ3n) is 4.68. The highest BCUT2D eigenvalue weighted by Gasteiger charge is 2.19. The van der Waals surface area contributed by atoms with Crippen LogP contribution in [-0.4, -0.2) is 38.1 Å². The number of amides is 2. The fourth-order valence-electron chi connectivity index (χ4n) is 3.33. The lowest BCUT2D eigenvalue weighted by Gasteiger charge is -2.19. The number of carbonyl (C=O) groups excluding carboxylic acids is 2. The normalized spacial score (nSPS) is 14.5. The number of ether oxygens (including phenoxy) is 2. The molecule has 0 radical (unpaired) electrons. The lowest BCUT2D eigenvalue weighted by molar-refractivity contribution is 0.0918. The van der Waals surface area contributed by atoms with E-state index in [1.54, 1.807) is 24.3 Å². The van der Waals surface area contributed by atoms with Gasteiger partial charge in [-0.05, 0) is 36.1 Å². The average molecular weight is 406 g/mol. The number of rotatable bonds is 4. The number of allylic oxidation sites excluding steroid dienone is 2. The maximum atomic E-state index is 12.7. The third-order valence-corrected chi connectivity index (χ3v) is 4.68. The molecule has 0 saturated heterocycles. The highest BCUT2D eigenvalue weighted by Crippen LogP contribution is 2.27. The van der Waals surface area contributed by atoms with Gasteiger partial charge in [-0.2, -0.15) is 0 Å². The van der Waals surface area contributed by atoms with Gasteiger partial charge in [0.15, 0.2) is 0 Å². The summed E-state index contributed by atoms with van der Waals surface area (Å²) in [6.45, 7) is 8.58. The van der Waals surface area contributed by atoms with Crippen LogP contribution in [0.2, 0.25) is 0 Å². The van der Waals surface area contributed by atoms with E-state index in [2.05, 4.69) is 23.8 Å². The monoisotopic (exact) mass is 406 g/mol. The molecule has 6 nitrogen and oxygen atoms in total. The van der Waals surface area contributed by atoms with Crippen LogP contribution in [0.25, 0.3) is 0 Å². The molecular formula is C24H26N2O4. The minimum Gasteiger partial charge on any atom is -0.489 e. The van der Waals surface area contributed by atoms with Crippen LogP contribution in [-0.2, 0) is 12.8 Å². The Morgan fingerprint density at radius 3 is 1.60 bits per heavy atom. The van der Waals surface area contributed by atoms with Crippen LogP contribution in [0.15, 0.2) is 61.7 Å². The second-order valence-corrected chi connectivity index (χ2v) is 6.78. The summed E-state index contributed by atoms with van der Waals surface area (Å²) in [5, 5.41) is 5.67. The van der Waals surface area contributed by atoms with Gasteiger partial charge in [-0.1, -0.05) is 36.4 Å². The van der Waals surface area contributed by atoms with Gasteiger partial charge in [0.1, 0.15) is 24.7 Å². The van der Waals surface area contributed by atoms with Gasteiger partial charge in [-0.25, -0.2) is 0 Å². The van der Waals surface area contributed by atoms with Crippen LogP contribution in [0.1, 0.15) is 31.8 Å². The van der Waals surface area contributed by atoms with Crippen molar-refractivity contribution in [2.45, 2.75) is 12.8 Å². The second kappa shape index (κ2) is 10.3. The molecule has 156 valence electrons. The van der Waals surface area contributed by atoms with Crippen LogP contribution in [0.4, 0.5) is 0 Å². The maximum Gasteiger partial charge on any atom is 0.255 e. The molecular weight excluding hydrogens is 380 g/mol. The van der Waals surface area contributed by atoms with E-state index >= 15 is 0 Å². The summed E-state index contributed by atoms with van der Waals surface area (Å²) >= 11 is 0. The Morgan fingerprint density at radius 2 is 1.20 bits per heavy atom. The quantitative estimate of drug-likeness (QED) is 0.765. The fraction of sp³-hybridized carbons (Fsp3) is 0.250. The first kappa shape index (κ1) is 21.2. The van der Waals surface area contributed by atoms with Crippen molar-refractivity contribution in [3.05, 3.63) is 84.0 Å². The number of benzene rings is 2. The highest BCUT2D eigenvalue weighted by atomic mass is 16.5. The van der Waals surface area contributed by atoms with Crippen molar-refractivity contribution in [3.63, 3.8) is 0 Å². The van der Waals surface area contributed by atoms with Crippen LogP contribution >= 0.6 is 0 Å². The number of fused-ring (bicyclic) bond motifs is 2. The summed E-state index contributed by atoms with van der Waals surface area (Å²) in [6, 6.07) is 10.9. The first-order valence-corrected chi connectivity index (χ1v) is 9.93. The van der Waals surface area contributed by atoms with Crippen LogP contribution in [0, 0.1) is 0 Å². The van der Waals surface area contributed by atoms with E-state index in [1.165, 1.54) is 0 Å². The third kappa shape index (κ3) is 4.89. The predicted octanol–water partition coefficient (Wildman–Crippen LogP) is 3.07. The van der Waals surface area contributed by atoms with Gasteiger partial charge in [0.05, 0.1) is 11.1 Å². The molecule has 1 aliphatic heterocycles. The van der Waals surface area contributed by atoms with E-state index in [9.17, 15) is 9.59 Å². The van der Waals surface area contributed by atoms with E-state index in [4.69, 9.17) is 9.47 Å². The average Bonchev–Trinajstić information content (AvgIpc) is 2.75. The molecule has 2 aromatic carbocycles. The molecule has 30 heavy (non-hydrogen) atoms. The van der Waals surface area contributed by atoms with Gasteiger partial charge in [-0.3, -0.25) is 9.59 Å². The van der Waals surface area contributed by atoms with E-state index < -0.39 is 0 Å². The molecule has 0 unspecified atom stereocenters. The Hall–Kier alpha value is -3.54. The Labute approximate surface area is 176 Å². The van der Waals surface area contributed by atoms with Crippen LogP contribution in [0.5, 0.6) is 11.5 Å². The summed E-state index contributed by atoms with van der Waals surface area (Å²) in [7, 11) is 0. The van der Waals surface area contributed by atoms with E-state index in [-0.39, 0.29) is 38.1 Å².